The van der Waals surface area contributed by atoms with Gasteiger partial charge in [-0.1, -0.05) is 54.6 Å². The van der Waals surface area contributed by atoms with E-state index in [9.17, 15) is 12.8 Å². The van der Waals surface area contributed by atoms with Crippen LogP contribution in [0.4, 0.5) is 4.39 Å². The Morgan fingerprint density at radius 3 is 2.13 bits per heavy atom. The molecule has 0 unspecified atom stereocenters. The monoisotopic (exact) mass is 452 g/mol. The van der Waals surface area contributed by atoms with Crippen LogP contribution in [0.2, 0.25) is 0 Å². The zero-order valence-corrected chi connectivity index (χ0v) is 18.5. The van der Waals surface area contributed by atoms with E-state index in [0.29, 0.717) is 11.6 Å². The zero-order chi connectivity index (χ0) is 22.0. The maximum absolute atomic E-state index is 13.6. The van der Waals surface area contributed by atoms with E-state index >= 15 is 0 Å². The van der Waals surface area contributed by atoms with E-state index in [4.69, 9.17) is 12.6 Å². The first-order valence-corrected chi connectivity index (χ1v) is 11.9. The van der Waals surface area contributed by atoms with E-state index in [1.165, 1.54) is 18.4 Å². The molecule has 0 aromatic heterocycles. The van der Waals surface area contributed by atoms with E-state index in [1.807, 2.05) is 41.5 Å². The van der Waals surface area contributed by atoms with Gasteiger partial charge in [-0.2, -0.15) is 0 Å². The van der Waals surface area contributed by atoms with Crippen LogP contribution in [-0.2, 0) is 16.4 Å². The lowest BCUT2D eigenvalue weighted by molar-refractivity contribution is 0.299. The highest BCUT2D eigenvalue weighted by Gasteiger charge is 2.23. The number of halogens is 1. The molecule has 0 aliphatic carbocycles. The van der Waals surface area contributed by atoms with Gasteiger partial charge in [0.15, 0.2) is 9.84 Å². The van der Waals surface area contributed by atoms with Crippen molar-refractivity contribution < 1.29 is 12.8 Å². The molecule has 0 saturated carbocycles. The van der Waals surface area contributed by atoms with Crippen molar-refractivity contribution in [3.63, 3.8) is 0 Å². The highest BCUT2D eigenvalue weighted by Crippen LogP contribution is 2.38. The SMILES string of the molecule is CS(=O)(=O)c1ccc(C2=CNN(Cc3ccccc3)C(S)=C2c2ccc(F)cc2)cc1. The molecule has 1 N–H and O–H groups in total. The first-order valence-electron chi connectivity index (χ1n) is 9.61. The molecule has 0 fully saturated rings. The smallest absolute Gasteiger partial charge is 0.175 e. The Morgan fingerprint density at radius 1 is 0.903 bits per heavy atom. The number of nitrogens with one attached hydrogen (secondary N) is 1. The Morgan fingerprint density at radius 2 is 1.52 bits per heavy atom. The molecule has 158 valence electrons. The van der Waals surface area contributed by atoms with Gasteiger partial charge in [0, 0.05) is 23.6 Å². The van der Waals surface area contributed by atoms with Gasteiger partial charge in [0.25, 0.3) is 0 Å². The molecule has 0 spiro atoms. The lowest BCUT2D eigenvalue weighted by Crippen LogP contribution is -2.34. The van der Waals surface area contributed by atoms with Gasteiger partial charge < -0.3 is 5.43 Å². The van der Waals surface area contributed by atoms with Crippen molar-refractivity contribution in [3.8, 4) is 0 Å². The summed E-state index contributed by atoms with van der Waals surface area (Å²) in [5.74, 6) is -0.317. The fourth-order valence-electron chi connectivity index (χ4n) is 3.43. The quantitative estimate of drug-likeness (QED) is 0.541. The third-order valence-electron chi connectivity index (χ3n) is 5.02. The highest BCUT2D eigenvalue weighted by molar-refractivity contribution is 7.90. The minimum atomic E-state index is -3.29. The normalized spacial score (nSPS) is 14.3. The number of benzene rings is 3. The lowest BCUT2D eigenvalue weighted by Gasteiger charge is -2.32. The second-order valence-corrected chi connectivity index (χ2v) is 9.70. The Hall–Kier alpha value is -3.03. The van der Waals surface area contributed by atoms with Crippen LogP contribution in [-0.4, -0.2) is 19.7 Å². The third kappa shape index (κ3) is 4.68. The third-order valence-corrected chi connectivity index (χ3v) is 6.62. The molecule has 1 heterocycles. The minimum Gasteiger partial charge on any atom is -0.304 e. The number of rotatable bonds is 5. The summed E-state index contributed by atoms with van der Waals surface area (Å²) in [6.45, 7) is 0.584. The van der Waals surface area contributed by atoms with Crippen LogP contribution < -0.4 is 5.43 Å². The Bertz CT molecular complexity index is 1250. The van der Waals surface area contributed by atoms with Gasteiger partial charge in [-0.3, -0.25) is 5.01 Å². The first kappa shape index (κ1) is 21.2. The molecule has 0 radical (unpaired) electrons. The fraction of sp³-hybridized carbons (Fsp3) is 0.0833. The number of allylic oxidation sites excluding steroid dienone is 2. The number of hydrogen-bond donors (Lipinski definition) is 2. The van der Waals surface area contributed by atoms with E-state index in [-0.39, 0.29) is 10.7 Å². The van der Waals surface area contributed by atoms with Crippen LogP contribution in [0.5, 0.6) is 0 Å². The summed E-state index contributed by atoms with van der Waals surface area (Å²) in [5.41, 5.74) is 7.66. The zero-order valence-electron chi connectivity index (χ0n) is 16.8. The van der Waals surface area contributed by atoms with E-state index in [1.54, 1.807) is 36.4 Å². The predicted octanol–water partition coefficient (Wildman–Crippen LogP) is 4.89. The average Bonchev–Trinajstić information content (AvgIpc) is 2.76. The van der Waals surface area contributed by atoms with Gasteiger partial charge in [0.05, 0.1) is 16.5 Å². The molecule has 4 rings (SSSR count). The van der Waals surface area contributed by atoms with Crippen LogP contribution in [0.15, 0.2) is 95.0 Å². The Kier molecular flexibility index (Phi) is 5.89. The van der Waals surface area contributed by atoms with Crippen LogP contribution in [0.3, 0.4) is 0 Å². The van der Waals surface area contributed by atoms with Gasteiger partial charge >= 0.3 is 0 Å². The maximum atomic E-state index is 13.6. The summed E-state index contributed by atoms with van der Waals surface area (Å²) >= 11 is 4.81. The predicted molar refractivity (Wildman–Crippen MR) is 125 cm³/mol. The summed E-state index contributed by atoms with van der Waals surface area (Å²) in [7, 11) is -3.29. The van der Waals surface area contributed by atoms with Crippen molar-refractivity contribution >= 4 is 33.6 Å². The summed E-state index contributed by atoms with van der Waals surface area (Å²) in [4.78, 5) is 0.254. The van der Waals surface area contributed by atoms with Crippen molar-refractivity contribution in [1.29, 1.82) is 0 Å². The van der Waals surface area contributed by atoms with Crippen LogP contribution in [0.1, 0.15) is 16.7 Å². The minimum absolute atomic E-state index is 0.254. The van der Waals surface area contributed by atoms with Crippen LogP contribution in [0.25, 0.3) is 11.1 Å². The van der Waals surface area contributed by atoms with E-state index < -0.39 is 9.84 Å². The van der Waals surface area contributed by atoms with Crippen molar-refractivity contribution in [1.82, 2.24) is 10.4 Å². The molecular formula is C24H21FN2O2S2. The molecular weight excluding hydrogens is 431 g/mol. The van der Waals surface area contributed by atoms with Crippen molar-refractivity contribution in [2.24, 2.45) is 0 Å². The molecule has 1 aliphatic heterocycles. The summed E-state index contributed by atoms with van der Waals surface area (Å²) in [5, 5.41) is 2.59. The second-order valence-electron chi connectivity index (χ2n) is 7.26. The molecule has 3 aromatic carbocycles. The average molecular weight is 453 g/mol. The number of sulfone groups is 1. The fourth-order valence-corrected chi connectivity index (χ4v) is 4.44. The van der Waals surface area contributed by atoms with Gasteiger partial charge in [-0.15, -0.1) is 12.6 Å². The summed E-state index contributed by atoms with van der Waals surface area (Å²) in [6, 6.07) is 22.9. The maximum Gasteiger partial charge on any atom is 0.175 e. The Balaban J connectivity index is 1.76. The van der Waals surface area contributed by atoms with Gasteiger partial charge in [-0.05, 0) is 41.0 Å². The number of hydrogen-bond acceptors (Lipinski definition) is 5. The largest absolute Gasteiger partial charge is 0.304 e. The molecule has 0 amide bonds. The number of thiol groups is 1. The second kappa shape index (κ2) is 8.61. The first-order chi connectivity index (χ1) is 14.8. The molecule has 0 atom stereocenters. The molecule has 1 aliphatic rings. The lowest BCUT2D eigenvalue weighted by atomic mass is 9.92. The van der Waals surface area contributed by atoms with Gasteiger partial charge in [0.1, 0.15) is 5.82 Å². The molecule has 31 heavy (non-hydrogen) atoms. The van der Waals surface area contributed by atoms with E-state index in [0.717, 1.165) is 27.8 Å². The van der Waals surface area contributed by atoms with Gasteiger partial charge in [0.2, 0.25) is 0 Å². The summed E-state index contributed by atoms with van der Waals surface area (Å²) in [6.07, 6.45) is 3.04. The highest BCUT2D eigenvalue weighted by atomic mass is 32.2. The van der Waals surface area contributed by atoms with Crippen molar-refractivity contribution in [3.05, 3.63) is 113 Å². The standard InChI is InChI=1S/C24H21FN2O2S2/c1-31(28,29)21-13-9-18(10-14-21)22-15-26-27(16-17-5-3-2-4-6-17)24(30)23(22)19-7-11-20(25)12-8-19/h2-15,26,30H,16H2,1H3. The van der Waals surface area contributed by atoms with Crippen LogP contribution in [0, 0.1) is 5.82 Å². The van der Waals surface area contributed by atoms with Crippen molar-refractivity contribution in [2.75, 3.05) is 6.26 Å². The van der Waals surface area contributed by atoms with Crippen LogP contribution >= 0.6 is 12.6 Å². The molecule has 3 aromatic rings. The number of hydrazine groups is 1. The molecule has 0 bridgehead atoms. The molecule has 7 heteroatoms. The van der Waals surface area contributed by atoms with Gasteiger partial charge in [-0.25, -0.2) is 12.8 Å². The Labute approximate surface area is 187 Å². The van der Waals surface area contributed by atoms with E-state index in [2.05, 4.69) is 5.43 Å². The topological polar surface area (TPSA) is 49.4 Å². The van der Waals surface area contributed by atoms with Crippen molar-refractivity contribution in [2.45, 2.75) is 11.4 Å². The summed E-state index contributed by atoms with van der Waals surface area (Å²) < 4.78 is 37.2. The number of nitrogens with zero attached hydrogens (tertiary/aromatic N) is 1. The molecule has 4 nitrogen and oxygen atoms in total. The molecule has 0 saturated heterocycles.